The molecule has 2 aliphatic carbocycles. The highest BCUT2D eigenvalue weighted by atomic mass is 16.6. The molecule has 0 aromatic rings. The summed E-state index contributed by atoms with van der Waals surface area (Å²) in [6.45, 7) is 2.29. The molecule has 0 radical (unpaired) electrons. The third kappa shape index (κ3) is 1.49. The van der Waals surface area contributed by atoms with Crippen molar-refractivity contribution in [1.82, 2.24) is 0 Å². The van der Waals surface area contributed by atoms with Crippen LogP contribution < -0.4 is 0 Å². The molecule has 0 aromatic heterocycles. The third-order valence-electron chi connectivity index (χ3n) is 5.49. The van der Waals surface area contributed by atoms with Gasteiger partial charge in [-0.3, -0.25) is 4.79 Å². The van der Waals surface area contributed by atoms with Crippen molar-refractivity contribution >= 4 is 5.97 Å². The summed E-state index contributed by atoms with van der Waals surface area (Å²) in [4.78, 5) is 12.3. The van der Waals surface area contributed by atoms with Crippen LogP contribution >= 0.6 is 0 Å². The molecule has 2 saturated carbocycles. The fourth-order valence-corrected chi connectivity index (χ4v) is 4.40. The van der Waals surface area contributed by atoms with Gasteiger partial charge >= 0.3 is 5.97 Å². The number of carbonyl (C=O) groups excluding carboxylic acids is 1. The zero-order valence-corrected chi connectivity index (χ0v) is 10.8. The van der Waals surface area contributed by atoms with Gasteiger partial charge in [0.15, 0.2) is 0 Å². The van der Waals surface area contributed by atoms with Gasteiger partial charge in [-0.15, -0.1) is 0 Å². The fraction of sp³-hybridized carbons (Fsp3) is 0.800. The van der Waals surface area contributed by atoms with E-state index in [9.17, 15) is 4.79 Å². The maximum atomic E-state index is 12.3. The molecule has 1 saturated heterocycles. The lowest BCUT2D eigenvalue weighted by Crippen LogP contribution is -2.36. The molecule has 4 rings (SSSR count). The van der Waals surface area contributed by atoms with Crippen LogP contribution in [0.1, 0.15) is 39.0 Å². The summed E-state index contributed by atoms with van der Waals surface area (Å²) in [5.41, 5.74) is 0.259. The smallest absolute Gasteiger partial charge is 0.312 e. The molecule has 2 aliphatic heterocycles. The molecule has 0 spiro atoms. The Hall–Kier alpha value is -0.830. The van der Waals surface area contributed by atoms with E-state index in [-0.39, 0.29) is 35.6 Å². The first-order chi connectivity index (χ1) is 8.64. The summed E-state index contributed by atoms with van der Waals surface area (Å²) in [5, 5.41) is 0. The fourth-order valence-electron chi connectivity index (χ4n) is 4.40. The quantitative estimate of drug-likeness (QED) is 0.556. The zero-order chi connectivity index (χ0) is 12.3. The van der Waals surface area contributed by atoms with E-state index in [1.165, 1.54) is 19.3 Å². The Morgan fingerprint density at radius 1 is 1.39 bits per heavy atom. The van der Waals surface area contributed by atoms with Gasteiger partial charge in [0.1, 0.15) is 6.10 Å². The van der Waals surface area contributed by atoms with Gasteiger partial charge in [-0.2, -0.15) is 0 Å². The first-order valence-electron chi connectivity index (χ1n) is 7.18. The molecule has 98 valence electrons. The van der Waals surface area contributed by atoms with Crippen molar-refractivity contribution in [3.8, 4) is 0 Å². The second-order valence-corrected chi connectivity index (χ2v) is 6.79. The van der Waals surface area contributed by atoms with E-state index in [1.54, 1.807) is 0 Å². The molecule has 6 unspecified atom stereocenters. The maximum absolute atomic E-state index is 12.3. The lowest BCUT2D eigenvalue weighted by molar-refractivity contribution is -0.161. The van der Waals surface area contributed by atoms with E-state index >= 15 is 0 Å². The van der Waals surface area contributed by atoms with Crippen LogP contribution in [0.15, 0.2) is 12.2 Å². The van der Waals surface area contributed by atoms with Gasteiger partial charge in [0, 0.05) is 5.41 Å². The predicted molar refractivity (Wildman–Crippen MR) is 65.9 cm³/mol. The molecular formula is C15H20O3. The average Bonchev–Trinajstić information content (AvgIpc) is 3.06. The highest BCUT2D eigenvalue weighted by Gasteiger charge is 2.52. The Morgan fingerprint density at radius 2 is 2.28 bits per heavy atom. The Labute approximate surface area is 108 Å². The van der Waals surface area contributed by atoms with E-state index in [4.69, 9.17) is 9.47 Å². The highest BCUT2D eigenvalue weighted by Crippen LogP contribution is 2.55. The Kier molecular flexibility index (Phi) is 2.20. The van der Waals surface area contributed by atoms with Crippen molar-refractivity contribution in [2.45, 2.75) is 57.3 Å². The number of ether oxygens (including phenoxy) is 2. The van der Waals surface area contributed by atoms with Crippen molar-refractivity contribution < 1.29 is 14.3 Å². The van der Waals surface area contributed by atoms with Gasteiger partial charge in [-0.05, 0) is 38.0 Å². The molecule has 4 aliphatic rings. The van der Waals surface area contributed by atoms with Crippen LogP contribution in [0.25, 0.3) is 0 Å². The molecule has 3 nitrogen and oxygen atoms in total. The van der Waals surface area contributed by atoms with Crippen molar-refractivity contribution in [2.75, 3.05) is 0 Å². The summed E-state index contributed by atoms with van der Waals surface area (Å²) in [6.07, 6.45) is 10.1. The van der Waals surface area contributed by atoms with Gasteiger partial charge in [-0.1, -0.05) is 19.1 Å². The summed E-state index contributed by atoms with van der Waals surface area (Å²) in [7, 11) is 0. The third-order valence-corrected chi connectivity index (χ3v) is 5.49. The monoisotopic (exact) mass is 248 g/mol. The van der Waals surface area contributed by atoms with Gasteiger partial charge in [0.05, 0.1) is 18.1 Å². The van der Waals surface area contributed by atoms with E-state index < -0.39 is 0 Å². The van der Waals surface area contributed by atoms with Gasteiger partial charge in [0.25, 0.3) is 0 Å². The zero-order valence-electron chi connectivity index (χ0n) is 10.8. The largest absolute Gasteiger partial charge is 0.461 e. The number of fused-ring (bicyclic) bond motifs is 4. The van der Waals surface area contributed by atoms with Crippen molar-refractivity contribution in [1.29, 1.82) is 0 Å². The highest BCUT2D eigenvalue weighted by molar-refractivity contribution is 5.74. The second kappa shape index (κ2) is 3.60. The molecule has 0 aromatic carbocycles. The van der Waals surface area contributed by atoms with Crippen molar-refractivity contribution in [2.24, 2.45) is 17.3 Å². The van der Waals surface area contributed by atoms with Crippen LogP contribution in [0.2, 0.25) is 0 Å². The molecule has 0 amide bonds. The minimum Gasteiger partial charge on any atom is -0.461 e. The lowest BCUT2D eigenvalue weighted by Gasteiger charge is -2.32. The van der Waals surface area contributed by atoms with Gasteiger partial charge < -0.3 is 9.47 Å². The number of carbonyl (C=O) groups is 1. The average molecular weight is 248 g/mol. The van der Waals surface area contributed by atoms with E-state index in [2.05, 4.69) is 13.0 Å². The molecule has 0 N–H and O–H groups in total. The minimum atomic E-state index is -0.0530. The SMILES string of the molecule is CC12CCC(CC1OC(=O)C1CC3C=CC1O3)C2. The van der Waals surface area contributed by atoms with Crippen LogP contribution in [-0.2, 0) is 14.3 Å². The minimum absolute atomic E-state index is 0.0195. The molecule has 3 fully saturated rings. The number of hydrogen-bond acceptors (Lipinski definition) is 3. The number of esters is 1. The topological polar surface area (TPSA) is 35.5 Å². The van der Waals surface area contributed by atoms with Crippen molar-refractivity contribution in [3.63, 3.8) is 0 Å². The lowest BCUT2D eigenvalue weighted by atomic mass is 9.83. The predicted octanol–water partition coefficient (Wildman–Crippen LogP) is 2.45. The normalized spacial score (nSPS) is 52.2. The van der Waals surface area contributed by atoms with Gasteiger partial charge in [0.2, 0.25) is 0 Å². The van der Waals surface area contributed by atoms with Crippen LogP contribution in [0.3, 0.4) is 0 Å². The van der Waals surface area contributed by atoms with E-state index in [1.807, 2.05) is 6.08 Å². The molecule has 6 atom stereocenters. The molecule has 3 heteroatoms. The van der Waals surface area contributed by atoms with Crippen LogP contribution in [-0.4, -0.2) is 24.3 Å². The van der Waals surface area contributed by atoms with Crippen molar-refractivity contribution in [3.05, 3.63) is 12.2 Å². The Bertz CT molecular complexity index is 416. The summed E-state index contributed by atoms with van der Waals surface area (Å²) >= 11 is 0. The Balaban J connectivity index is 1.43. The van der Waals surface area contributed by atoms with E-state index in [0.29, 0.717) is 0 Å². The Morgan fingerprint density at radius 3 is 2.83 bits per heavy atom. The molecular weight excluding hydrogens is 228 g/mol. The van der Waals surface area contributed by atoms with Crippen LogP contribution in [0, 0.1) is 17.3 Å². The maximum Gasteiger partial charge on any atom is 0.312 e. The molecule has 18 heavy (non-hydrogen) atoms. The first kappa shape index (κ1) is 11.0. The standard InChI is InChI=1S/C15H20O3/c1-15-5-4-9(8-15)6-13(15)18-14(16)11-7-10-2-3-12(11)17-10/h2-3,9-13H,4-8H2,1H3. The van der Waals surface area contributed by atoms with Crippen LogP contribution in [0.4, 0.5) is 0 Å². The van der Waals surface area contributed by atoms with E-state index in [0.717, 1.165) is 18.8 Å². The number of hydrogen-bond donors (Lipinski definition) is 0. The van der Waals surface area contributed by atoms with Crippen LogP contribution in [0.5, 0.6) is 0 Å². The second-order valence-electron chi connectivity index (χ2n) is 6.79. The summed E-state index contributed by atoms with van der Waals surface area (Å²) in [6, 6.07) is 0. The first-order valence-corrected chi connectivity index (χ1v) is 7.18. The molecule has 4 bridgehead atoms. The van der Waals surface area contributed by atoms with Gasteiger partial charge in [-0.25, -0.2) is 0 Å². The summed E-state index contributed by atoms with van der Waals surface area (Å²) < 4.78 is 11.5. The number of rotatable bonds is 2. The summed E-state index contributed by atoms with van der Waals surface area (Å²) in [5.74, 6) is 0.720. The molecule has 2 heterocycles.